The van der Waals surface area contributed by atoms with E-state index in [2.05, 4.69) is 31.3 Å². The first-order valence-corrected chi connectivity index (χ1v) is 10.0. The number of amides is 1. The third-order valence-corrected chi connectivity index (χ3v) is 5.80. The van der Waals surface area contributed by atoms with Gasteiger partial charge in [0, 0.05) is 21.9 Å². The van der Waals surface area contributed by atoms with Crippen molar-refractivity contribution in [3.63, 3.8) is 0 Å². The molecular weight excluding hydrogens is 366 g/mol. The fourth-order valence-electron chi connectivity index (χ4n) is 3.15. The molecule has 1 aliphatic rings. The smallest absolute Gasteiger partial charge is 0.233 e. The number of rotatable bonds is 4. The van der Waals surface area contributed by atoms with Gasteiger partial charge in [-0.25, -0.2) is 0 Å². The van der Waals surface area contributed by atoms with Crippen molar-refractivity contribution in [2.75, 3.05) is 0 Å². The Morgan fingerprint density at radius 2 is 1.96 bits per heavy atom. The number of carbonyl (C=O) groups is 1. The zero-order valence-corrected chi connectivity index (χ0v) is 17.1. The first kappa shape index (κ1) is 19.1. The van der Waals surface area contributed by atoms with Crippen LogP contribution in [0, 0.1) is 6.92 Å². The summed E-state index contributed by atoms with van der Waals surface area (Å²) in [5, 5.41) is 3.71. The molecule has 1 heterocycles. The van der Waals surface area contributed by atoms with Crippen molar-refractivity contribution in [3.8, 4) is 5.75 Å². The van der Waals surface area contributed by atoms with E-state index in [1.165, 1.54) is 11.8 Å². The van der Waals surface area contributed by atoms with Crippen molar-refractivity contribution in [3.05, 3.63) is 58.6 Å². The molecular formula is C21H24ClNO2S. The molecule has 0 bridgehead atoms. The number of ether oxygens (including phenoxy) is 1. The molecule has 1 amide bonds. The minimum absolute atomic E-state index is 0.0270. The Balaban J connectivity index is 1.73. The van der Waals surface area contributed by atoms with Crippen molar-refractivity contribution in [1.82, 2.24) is 5.32 Å². The number of benzene rings is 2. The van der Waals surface area contributed by atoms with Crippen LogP contribution < -0.4 is 10.1 Å². The van der Waals surface area contributed by atoms with Gasteiger partial charge < -0.3 is 10.1 Å². The maximum atomic E-state index is 12.8. The van der Waals surface area contributed by atoms with E-state index in [0.29, 0.717) is 5.02 Å². The van der Waals surface area contributed by atoms with Gasteiger partial charge in [0.15, 0.2) is 0 Å². The van der Waals surface area contributed by atoms with Gasteiger partial charge in [-0.2, -0.15) is 0 Å². The van der Waals surface area contributed by atoms with Gasteiger partial charge in [-0.3, -0.25) is 4.79 Å². The third-order valence-electron chi connectivity index (χ3n) is 4.44. The lowest BCUT2D eigenvalue weighted by molar-refractivity contribution is -0.121. The summed E-state index contributed by atoms with van der Waals surface area (Å²) in [6.45, 7) is 8.09. The topological polar surface area (TPSA) is 38.3 Å². The number of halogens is 1. The highest BCUT2D eigenvalue weighted by atomic mass is 35.5. The molecule has 138 valence electrons. The fourth-order valence-corrected chi connectivity index (χ4v) is 4.15. The third kappa shape index (κ3) is 4.54. The Bertz CT molecular complexity index is 804. The Hall–Kier alpha value is -1.65. The lowest BCUT2D eigenvalue weighted by Crippen LogP contribution is -2.43. The molecule has 0 spiro atoms. The molecule has 2 atom stereocenters. The molecule has 0 unspecified atom stereocenters. The second-order valence-electron chi connectivity index (χ2n) is 7.38. The molecule has 26 heavy (non-hydrogen) atoms. The van der Waals surface area contributed by atoms with Gasteiger partial charge in [0.2, 0.25) is 5.91 Å². The van der Waals surface area contributed by atoms with Crippen LogP contribution in [0.1, 0.15) is 44.4 Å². The van der Waals surface area contributed by atoms with E-state index >= 15 is 0 Å². The van der Waals surface area contributed by atoms with Crippen LogP contribution in [0.5, 0.6) is 5.75 Å². The van der Waals surface area contributed by atoms with Crippen molar-refractivity contribution < 1.29 is 9.53 Å². The molecule has 0 saturated heterocycles. The van der Waals surface area contributed by atoms with E-state index < -0.39 is 0 Å². The number of carbonyl (C=O) groups excluding carboxylic acids is 1. The average molecular weight is 390 g/mol. The first-order valence-electron chi connectivity index (χ1n) is 8.76. The zero-order valence-electron chi connectivity index (χ0n) is 15.5. The van der Waals surface area contributed by atoms with Gasteiger partial charge in [-0.15, -0.1) is 11.8 Å². The highest BCUT2D eigenvalue weighted by Crippen LogP contribution is 2.40. The Kier molecular flexibility index (Phi) is 5.54. The zero-order chi connectivity index (χ0) is 18.9. The van der Waals surface area contributed by atoms with Gasteiger partial charge in [-0.1, -0.05) is 23.7 Å². The SMILES string of the molecule is Cc1ccc2c(c1)OC(C)(C)C[C@@H]2NC(=O)[C@H](C)Sc1ccc(Cl)cc1. The summed E-state index contributed by atoms with van der Waals surface area (Å²) in [7, 11) is 0. The normalized spacial score (nSPS) is 19.2. The summed E-state index contributed by atoms with van der Waals surface area (Å²) in [6, 6.07) is 13.7. The molecule has 3 rings (SSSR count). The van der Waals surface area contributed by atoms with Crippen LogP contribution in [0.2, 0.25) is 5.02 Å². The summed E-state index contributed by atoms with van der Waals surface area (Å²) in [5.41, 5.74) is 1.89. The van der Waals surface area contributed by atoms with E-state index in [4.69, 9.17) is 16.3 Å². The molecule has 0 aromatic heterocycles. The summed E-state index contributed by atoms with van der Waals surface area (Å²) in [5.74, 6) is 0.892. The Labute approximate surface area is 164 Å². The van der Waals surface area contributed by atoms with Crippen molar-refractivity contribution in [2.24, 2.45) is 0 Å². The minimum Gasteiger partial charge on any atom is -0.487 e. The number of nitrogens with one attached hydrogen (secondary N) is 1. The van der Waals surface area contributed by atoms with Crippen molar-refractivity contribution in [2.45, 2.75) is 55.9 Å². The van der Waals surface area contributed by atoms with Crippen LogP contribution in [-0.2, 0) is 4.79 Å². The maximum Gasteiger partial charge on any atom is 0.233 e. The largest absolute Gasteiger partial charge is 0.487 e. The van der Waals surface area contributed by atoms with Gasteiger partial charge >= 0.3 is 0 Å². The molecule has 5 heteroatoms. The number of hydrogen-bond acceptors (Lipinski definition) is 3. The standard InChI is InChI=1S/C21H24ClNO2S/c1-13-5-10-17-18(12-21(3,4)25-19(17)11-13)23-20(24)14(2)26-16-8-6-15(22)7-9-16/h5-11,14,18H,12H2,1-4H3,(H,23,24)/t14-,18-/m0/s1. The second kappa shape index (κ2) is 7.53. The van der Waals surface area contributed by atoms with Crippen molar-refractivity contribution >= 4 is 29.3 Å². The van der Waals surface area contributed by atoms with Gasteiger partial charge in [0.05, 0.1) is 11.3 Å². The van der Waals surface area contributed by atoms with Crippen LogP contribution >= 0.6 is 23.4 Å². The van der Waals surface area contributed by atoms with E-state index in [-0.39, 0.29) is 22.8 Å². The molecule has 0 fully saturated rings. The molecule has 0 aliphatic carbocycles. The van der Waals surface area contributed by atoms with Gasteiger partial charge in [0.25, 0.3) is 0 Å². The number of hydrogen-bond donors (Lipinski definition) is 1. The van der Waals surface area contributed by atoms with E-state index in [1.807, 2.05) is 44.2 Å². The average Bonchev–Trinajstić information content (AvgIpc) is 2.55. The number of fused-ring (bicyclic) bond motifs is 1. The highest BCUT2D eigenvalue weighted by Gasteiger charge is 2.35. The predicted octanol–water partition coefficient (Wildman–Crippen LogP) is 5.55. The maximum absolute atomic E-state index is 12.8. The molecule has 2 aromatic rings. The Morgan fingerprint density at radius 1 is 1.27 bits per heavy atom. The van der Waals surface area contributed by atoms with Crippen molar-refractivity contribution in [1.29, 1.82) is 0 Å². The fraction of sp³-hybridized carbons (Fsp3) is 0.381. The van der Waals surface area contributed by atoms with E-state index in [1.54, 1.807) is 0 Å². The van der Waals surface area contributed by atoms with E-state index in [9.17, 15) is 4.79 Å². The van der Waals surface area contributed by atoms with Gasteiger partial charge in [-0.05, 0) is 63.6 Å². The predicted molar refractivity (Wildman–Crippen MR) is 108 cm³/mol. The Morgan fingerprint density at radius 3 is 2.65 bits per heavy atom. The summed E-state index contributed by atoms with van der Waals surface area (Å²) in [6.07, 6.45) is 0.743. The van der Waals surface area contributed by atoms with Crippen LogP contribution in [0.25, 0.3) is 0 Å². The summed E-state index contributed by atoms with van der Waals surface area (Å²) < 4.78 is 6.11. The second-order valence-corrected chi connectivity index (χ2v) is 9.23. The van der Waals surface area contributed by atoms with E-state index in [0.717, 1.165) is 28.2 Å². The first-order chi connectivity index (χ1) is 12.2. The summed E-state index contributed by atoms with van der Waals surface area (Å²) >= 11 is 7.46. The van der Waals surface area contributed by atoms with Crippen LogP contribution in [0.15, 0.2) is 47.4 Å². The lowest BCUT2D eigenvalue weighted by atomic mass is 9.89. The van der Waals surface area contributed by atoms with Crippen LogP contribution in [0.3, 0.4) is 0 Å². The number of thioether (sulfide) groups is 1. The summed E-state index contributed by atoms with van der Waals surface area (Å²) in [4.78, 5) is 13.8. The molecule has 1 aliphatic heterocycles. The van der Waals surface area contributed by atoms with Crippen LogP contribution in [-0.4, -0.2) is 16.8 Å². The lowest BCUT2D eigenvalue weighted by Gasteiger charge is -2.38. The molecule has 0 radical (unpaired) electrons. The molecule has 1 N–H and O–H groups in total. The monoisotopic (exact) mass is 389 g/mol. The highest BCUT2D eigenvalue weighted by molar-refractivity contribution is 8.00. The quantitative estimate of drug-likeness (QED) is 0.697. The molecule has 3 nitrogen and oxygen atoms in total. The van der Waals surface area contributed by atoms with Gasteiger partial charge in [0.1, 0.15) is 11.4 Å². The molecule has 0 saturated carbocycles. The van der Waals surface area contributed by atoms with Crippen LogP contribution in [0.4, 0.5) is 0 Å². The number of aryl methyl sites for hydroxylation is 1. The molecule has 2 aromatic carbocycles. The minimum atomic E-state index is -0.314.